The Balaban J connectivity index is 1.58. The van der Waals surface area contributed by atoms with Gasteiger partial charge in [0.05, 0.1) is 0 Å². The van der Waals surface area contributed by atoms with E-state index in [1.807, 2.05) is 12.1 Å². The molecule has 2 heteroatoms. The molecule has 102 valence electrons. The fraction of sp³-hybridized carbons (Fsp3) is 0.647. The van der Waals surface area contributed by atoms with E-state index in [-0.39, 0.29) is 0 Å². The molecule has 4 rings (SSSR count). The number of hydrogen-bond acceptors (Lipinski definition) is 2. The quantitative estimate of drug-likeness (QED) is 0.880. The molecular formula is C17H23NO. The van der Waals surface area contributed by atoms with Crippen molar-refractivity contribution in [3.63, 3.8) is 0 Å². The van der Waals surface area contributed by atoms with Crippen LogP contribution in [0.4, 0.5) is 0 Å². The lowest BCUT2D eigenvalue weighted by Gasteiger charge is -2.45. The number of benzene rings is 1. The van der Waals surface area contributed by atoms with Gasteiger partial charge in [-0.2, -0.15) is 0 Å². The van der Waals surface area contributed by atoms with Gasteiger partial charge < -0.3 is 5.11 Å². The molecule has 0 unspecified atom stereocenters. The van der Waals surface area contributed by atoms with Crippen LogP contribution in [0.2, 0.25) is 0 Å². The molecule has 1 heterocycles. The SMILES string of the molecule is Oc1ccc2c(c1)C[C@@H]1CCCN(CC3CC3)[C@@H]1C2. The summed E-state index contributed by atoms with van der Waals surface area (Å²) in [5.41, 5.74) is 2.87. The van der Waals surface area contributed by atoms with Gasteiger partial charge in [-0.05, 0) is 80.2 Å². The van der Waals surface area contributed by atoms with Gasteiger partial charge >= 0.3 is 0 Å². The fourth-order valence-corrected chi connectivity index (χ4v) is 4.11. The van der Waals surface area contributed by atoms with Crippen LogP contribution in [-0.4, -0.2) is 29.1 Å². The van der Waals surface area contributed by atoms with Crippen molar-refractivity contribution in [2.24, 2.45) is 11.8 Å². The molecule has 2 nitrogen and oxygen atoms in total. The number of rotatable bonds is 2. The van der Waals surface area contributed by atoms with Crippen molar-refractivity contribution >= 4 is 0 Å². The first-order chi connectivity index (χ1) is 9.29. The Bertz CT molecular complexity index is 480. The highest BCUT2D eigenvalue weighted by Gasteiger charge is 2.37. The largest absolute Gasteiger partial charge is 0.508 e. The fourth-order valence-electron chi connectivity index (χ4n) is 4.11. The lowest BCUT2D eigenvalue weighted by Crippen LogP contribution is -2.49. The number of aromatic hydroxyl groups is 1. The Morgan fingerprint density at radius 1 is 1.11 bits per heavy atom. The van der Waals surface area contributed by atoms with E-state index in [0.717, 1.165) is 17.9 Å². The Labute approximate surface area is 115 Å². The van der Waals surface area contributed by atoms with Crippen LogP contribution in [0.15, 0.2) is 18.2 Å². The first kappa shape index (κ1) is 11.8. The van der Waals surface area contributed by atoms with Crippen LogP contribution < -0.4 is 0 Å². The van der Waals surface area contributed by atoms with Crippen LogP contribution in [0, 0.1) is 11.8 Å². The molecule has 0 bridgehead atoms. The number of likely N-dealkylation sites (tertiary alicyclic amines) is 1. The highest BCUT2D eigenvalue weighted by Crippen LogP contribution is 2.38. The molecule has 2 atom stereocenters. The zero-order valence-corrected chi connectivity index (χ0v) is 11.5. The molecule has 0 aromatic heterocycles. The standard InChI is InChI=1S/C17H23NO/c19-16-6-5-13-10-17-14(8-15(13)9-16)2-1-7-18(17)11-12-3-4-12/h5-6,9,12,14,17,19H,1-4,7-8,10-11H2/t14-,17+/m0/s1. The van der Waals surface area contributed by atoms with Gasteiger partial charge in [0.15, 0.2) is 0 Å². The van der Waals surface area contributed by atoms with Crippen LogP contribution in [0.5, 0.6) is 5.75 Å². The number of phenols is 1. The lowest BCUT2D eigenvalue weighted by atomic mass is 9.75. The minimum absolute atomic E-state index is 0.433. The van der Waals surface area contributed by atoms with E-state index in [2.05, 4.69) is 11.0 Å². The van der Waals surface area contributed by atoms with E-state index >= 15 is 0 Å². The molecule has 1 aromatic rings. The van der Waals surface area contributed by atoms with Gasteiger partial charge in [-0.15, -0.1) is 0 Å². The van der Waals surface area contributed by atoms with Gasteiger partial charge in [0, 0.05) is 12.6 Å². The average Bonchev–Trinajstić information content (AvgIpc) is 3.21. The first-order valence-electron chi connectivity index (χ1n) is 7.84. The maximum absolute atomic E-state index is 9.65. The van der Waals surface area contributed by atoms with E-state index in [1.165, 1.54) is 62.7 Å². The summed E-state index contributed by atoms with van der Waals surface area (Å²) in [4.78, 5) is 2.78. The maximum atomic E-state index is 9.65. The Morgan fingerprint density at radius 2 is 2.00 bits per heavy atom. The second kappa shape index (κ2) is 4.52. The third kappa shape index (κ3) is 2.27. The van der Waals surface area contributed by atoms with Crippen LogP contribution in [-0.2, 0) is 12.8 Å². The summed E-state index contributed by atoms with van der Waals surface area (Å²) in [7, 11) is 0. The number of phenolic OH excluding ortho intramolecular Hbond substituents is 1. The van der Waals surface area contributed by atoms with Crippen molar-refractivity contribution in [3.05, 3.63) is 29.3 Å². The van der Waals surface area contributed by atoms with Crippen LogP contribution in [0.1, 0.15) is 36.8 Å². The third-order valence-electron chi connectivity index (χ3n) is 5.32. The Morgan fingerprint density at radius 3 is 2.84 bits per heavy atom. The summed E-state index contributed by atoms with van der Waals surface area (Å²) in [6, 6.07) is 6.76. The Kier molecular flexibility index (Phi) is 2.80. The van der Waals surface area contributed by atoms with Gasteiger partial charge in [-0.1, -0.05) is 6.07 Å². The zero-order chi connectivity index (χ0) is 12.8. The molecule has 1 saturated heterocycles. The highest BCUT2D eigenvalue weighted by atomic mass is 16.3. The number of piperidine rings is 1. The van der Waals surface area contributed by atoms with Gasteiger partial charge in [0.25, 0.3) is 0 Å². The second-order valence-corrected chi connectivity index (χ2v) is 6.77. The molecule has 19 heavy (non-hydrogen) atoms. The highest BCUT2D eigenvalue weighted by molar-refractivity contribution is 5.37. The second-order valence-electron chi connectivity index (χ2n) is 6.77. The third-order valence-corrected chi connectivity index (χ3v) is 5.32. The topological polar surface area (TPSA) is 23.5 Å². The van der Waals surface area contributed by atoms with Gasteiger partial charge in [-0.3, -0.25) is 4.90 Å². The molecule has 2 fully saturated rings. The summed E-state index contributed by atoms with van der Waals surface area (Å²) in [6.07, 6.45) is 8.03. The average molecular weight is 257 g/mol. The number of nitrogens with zero attached hydrogens (tertiary/aromatic N) is 1. The molecule has 3 aliphatic rings. The van der Waals surface area contributed by atoms with Crippen LogP contribution in [0.3, 0.4) is 0 Å². The molecule has 2 aliphatic carbocycles. The van der Waals surface area contributed by atoms with Crippen molar-refractivity contribution in [2.75, 3.05) is 13.1 Å². The van der Waals surface area contributed by atoms with Crippen LogP contribution >= 0.6 is 0 Å². The predicted molar refractivity (Wildman–Crippen MR) is 76.3 cm³/mol. The molecule has 1 aromatic carbocycles. The van der Waals surface area contributed by atoms with Crippen molar-refractivity contribution < 1.29 is 5.11 Å². The van der Waals surface area contributed by atoms with Crippen molar-refractivity contribution in [1.29, 1.82) is 0 Å². The summed E-state index contributed by atoms with van der Waals surface area (Å²) in [5, 5.41) is 9.65. The molecule has 0 amide bonds. The minimum atomic E-state index is 0.433. The smallest absolute Gasteiger partial charge is 0.115 e. The summed E-state index contributed by atoms with van der Waals surface area (Å²) < 4.78 is 0. The first-order valence-corrected chi connectivity index (χ1v) is 7.84. The number of hydrogen-bond donors (Lipinski definition) is 1. The van der Waals surface area contributed by atoms with Crippen molar-refractivity contribution in [2.45, 2.75) is 44.6 Å². The molecule has 1 saturated carbocycles. The zero-order valence-electron chi connectivity index (χ0n) is 11.5. The predicted octanol–water partition coefficient (Wildman–Crippen LogP) is 2.98. The van der Waals surface area contributed by atoms with Gasteiger partial charge in [0.2, 0.25) is 0 Å². The van der Waals surface area contributed by atoms with E-state index in [9.17, 15) is 5.11 Å². The Hall–Kier alpha value is -1.02. The monoisotopic (exact) mass is 257 g/mol. The molecule has 1 aliphatic heterocycles. The van der Waals surface area contributed by atoms with E-state index in [0.29, 0.717) is 5.75 Å². The van der Waals surface area contributed by atoms with Gasteiger partial charge in [-0.25, -0.2) is 0 Å². The molecular weight excluding hydrogens is 234 g/mol. The van der Waals surface area contributed by atoms with E-state index in [4.69, 9.17) is 0 Å². The minimum Gasteiger partial charge on any atom is -0.508 e. The molecule has 1 N–H and O–H groups in total. The normalized spacial score (nSPS) is 30.7. The summed E-state index contributed by atoms with van der Waals surface area (Å²) in [5.74, 6) is 2.25. The van der Waals surface area contributed by atoms with Crippen molar-refractivity contribution in [3.8, 4) is 5.75 Å². The summed E-state index contributed by atoms with van der Waals surface area (Å²) >= 11 is 0. The summed E-state index contributed by atoms with van der Waals surface area (Å²) in [6.45, 7) is 2.65. The molecule has 0 spiro atoms. The van der Waals surface area contributed by atoms with Crippen molar-refractivity contribution in [1.82, 2.24) is 4.90 Å². The number of fused-ring (bicyclic) bond motifs is 2. The van der Waals surface area contributed by atoms with Gasteiger partial charge in [0.1, 0.15) is 5.75 Å². The van der Waals surface area contributed by atoms with Crippen LogP contribution in [0.25, 0.3) is 0 Å². The van der Waals surface area contributed by atoms with E-state index < -0.39 is 0 Å². The lowest BCUT2D eigenvalue weighted by molar-refractivity contribution is 0.0808. The molecule has 0 radical (unpaired) electrons. The van der Waals surface area contributed by atoms with E-state index in [1.54, 1.807) is 0 Å². The maximum Gasteiger partial charge on any atom is 0.115 e.